The molecule has 4 aliphatic rings. The maximum absolute atomic E-state index is 12.7. The normalized spacial score (nSPS) is 35.2. The SMILES string of the molecule is C[C@]1(O)CC[C@H]2[C@@H]3CCC4=CC(=O)CCC4=C3[C@@H](c3ccc(OS(=O)(=O)C(F)(F)F)cc3)C[C@@]21C. The number of ketones is 1. The van der Waals surface area contributed by atoms with E-state index in [-0.39, 0.29) is 23.0 Å². The van der Waals surface area contributed by atoms with Crippen molar-refractivity contribution in [3.8, 4) is 5.75 Å². The van der Waals surface area contributed by atoms with Crippen LogP contribution in [0, 0.1) is 17.3 Å². The van der Waals surface area contributed by atoms with Gasteiger partial charge in [-0.2, -0.15) is 21.6 Å². The van der Waals surface area contributed by atoms with E-state index in [2.05, 4.69) is 11.1 Å². The highest BCUT2D eigenvalue weighted by molar-refractivity contribution is 7.88. The third kappa shape index (κ3) is 3.86. The van der Waals surface area contributed by atoms with Gasteiger partial charge in [-0.3, -0.25) is 4.79 Å². The lowest BCUT2D eigenvalue weighted by molar-refractivity contribution is -0.114. The Balaban J connectivity index is 1.57. The average Bonchev–Trinajstić information content (AvgIpc) is 3.01. The Kier molecular flexibility index (Phi) is 5.57. The lowest BCUT2D eigenvalue weighted by Crippen LogP contribution is -2.50. The van der Waals surface area contributed by atoms with Crippen LogP contribution in [0.3, 0.4) is 0 Å². The first-order chi connectivity index (χ1) is 16.2. The fourth-order valence-electron chi connectivity index (χ4n) is 7.11. The fourth-order valence-corrected chi connectivity index (χ4v) is 7.57. The van der Waals surface area contributed by atoms with Crippen LogP contribution >= 0.6 is 0 Å². The van der Waals surface area contributed by atoms with E-state index in [0.29, 0.717) is 31.6 Å². The van der Waals surface area contributed by atoms with E-state index in [1.807, 2.05) is 6.92 Å². The number of aliphatic hydroxyl groups is 1. The van der Waals surface area contributed by atoms with Gasteiger partial charge >= 0.3 is 15.6 Å². The Labute approximate surface area is 203 Å². The van der Waals surface area contributed by atoms with Crippen molar-refractivity contribution >= 4 is 15.9 Å². The molecule has 190 valence electrons. The zero-order valence-electron chi connectivity index (χ0n) is 19.7. The Morgan fingerprint density at radius 3 is 2.40 bits per heavy atom. The van der Waals surface area contributed by atoms with Gasteiger partial charge in [0.2, 0.25) is 0 Å². The number of carbonyl (C=O) groups is 1. The zero-order chi connectivity index (χ0) is 25.4. The minimum absolute atomic E-state index is 0.0917. The second-order valence-corrected chi connectivity index (χ2v) is 12.4. The molecule has 2 saturated carbocycles. The molecule has 0 radical (unpaired) electrons. The van der Waals surface area contributed by atoms with Crippen LogP contribution in [0.2, 0.25) is 0 Å². The molecule has 0 saturated heterocycles. The van der Waals surface area contributed by atoms with Crippen molar-refractivity contribution < 1.29 is 35.7 Å². The van der Waals surface area contributed by atoms with Gasteiger partial charge < -0.3 is 9.29 Å². The van der Waals surface area contributed by atoms with Gasteiger partial charge in [0.25, 0.3) is 0 Å². The van der Waals surface area contributed by atoms with E-state index in [1.165, 1.54) is 23.3 Å². The summed E-state index contributed by atoms with van der Waals surface area (Å²) >= 11 is 0. The van der Waals surface area contributed by atoms with Crippen LogP contribution in [0.5, 0.6) is 5.75 Å². The Bertz CT molecular complexity index is 1230. The molecule has 0 amide bonds. The summed E-state index contributed by atoms with van der Waals surface area (Å²) in [6, 6.07) is 5.75. The number of benzene rings is 1. The van der Waals surface area contributed by atoms with E-state index in [9.17, 15) is 31.5 Å². The summed E-state index contributed by atoms with van der Waals surface area (Å²) in [5.41, 5.74) is -2.25. The number of hydrogen-bond donors (Lipinski definition) is 1. The largest absolute Gasteiger partial charge is 0.534 e. The molecule has 0 aliphatic heterocycles. The van der Waals surface area contributed by atoms with Gasteiger partial charge in [-0.15, -0.1) is 0 Å². The molecule has 5 rings (SSSR count). The second kappa shape index (κ2) is 7.93. The lowest BCUT2D eigenvalue weighted by atomic mass is 9.51. The smallest absolute Gasteiger partial charge is 0.390 e. The molecule has 0 heterocycles. The van der Waals surface area contributed by atoms with Crippen LogP contribution in [0.1, 0.15) is 70.3 Å². The summed E-state index contributed by atoms with van der Waals surface area (Å²) in [6.45, 7) is 4.04. The van der Waals surface area contributed by atoms with Gasteiger partial charge in [0.05, 0.1) is 5.60 Å². The standard InChI is InChI=1S/C26H29F3O5S/c1-24-14-21(15-3-7-18(8-4-15)34-35(32,33)26(27,28)29)23-19-10-6-17(30)13-16(19)5-9-20(23)22(24)11-12-25(24,2)31/h3-4,7-8,13,20-22,31H,5-6,9-12,14H2,1-2H3/t20-,21+,22-,24-,25-/m0/s1. The number of hydrogen-bond acceptors (Lipinski definition) is 5. The van der Waals surface area contributed by atoms with E-state index >= 15 is 0 Å². The van der Waals surface area contributed by atoms with Crippen molar-refractivity contribution in [2.24, 2.45) is 17.3 Å². The molecule has 0 aromatic heterocycles. The quantitative estimate of drug-likeness (QED) is 0.425. The topological polar surface area (TPSA) is 80.7 Å². The first kappa shape index (κ1) is 24.6. The predicted molar refractivity (Wildman–Crippen MR) is 123 cm³/mol. The van der Waals surface area contributed by atoms with Gasteiger partial charge in [0.15, 0.2) is 5.78 Å². The number of allylic oxidation sites excluding steroid dienone is 4. The molecule has 0 bridgehead atoms. The predicted octanol–water partition coefficient (Wildman–Crippen LogP) is 5.57. The highest BCUT2D eigenvalue weighted by Gasteiger charge is 2.61. The minimum atomic E-state index is -5.75. The summed E-state index contributed by atoms with van der Waals surface area (Å²) in [5, 5.41) is 11.4. The maximum Gasteiger partial charge on any atom is 0.534 e. The lowest BCUT2D eigenvalue weighted by Gasteiger charge is -2.54. The van der Waals surface area contributed by atoms with Crippen LogP contribution in [0.25, 0.3) is 0 Å². The minimum Gasteiger partial charge on any atom is -0.390 e. The summed E-state index contributed by atoms with van der Waals surface area (Å²) in [4.78, 5) is 12.1. The van der Waals surface area contributed by atoms with Gasteiger partial charge in [0.1, 0.15) is 5.75 Å². The van der Waals surface area contributed by atoms with Crippen LogP contribution in [0.4, 0.5) is 13.2 Å². The number of fused-ring (bicyclic) bond motifs is 4. The van der Waals surface area contributed by atoms with Crippen molar-refractivity contribution in [2.75, 3.05) is 0 Å². The van der Waals surface area contributed by atoms with Crippen molar-refractivity contribution in [2.45, 2.75) is 75.8 Å². The first-order valence-corrected chi connectivity index (χ1v) is 13.4. The van der Waals surface area contributed by atoms with Gasteiger partial charge in [0, 0.05) is 17.8 Å². The first-order valence-electron chi connectivity index (χ1n) is 12.0. The molecule has 5 nitrogen and oxygen atoms in total. The van der Waals surface area contributed by atoms with Gasteiger partial charge in [-0.1, -0.05) is 24.6 Å². The molecule has 5 atom stereocenters. The highest BCUT2D eigenvalue weighted by atomic mass is 32.2. The fraction of sp³-hybridized carbons (Fsp3) is 0.577. The average molecular weight is 511 g/mol. The number of halogens is 3. The Hall–Kier alpha value is -2.13. The highest BCUT2D eigenvalue weighted by Crippen LogP contribution is 2.66. The molecule has 1 N–H and O–H groups in total. The van der Waals surface area contributed by atoms with E-state index in [1.54, 1.807) is 18.2 Å². The number of rotatable bonds is 3. The molecule has 1 aromatic rings. The van der Waals surface area contributed by atoms with E-state index in [0.717, 1.165) is 30.4 Å². The molecule has 1 aromatic carbocycles. The number of alkyl halides is 3. The Morgan fingerprint density at radius 2 is 1.74 bits per heavy atom. The molecular weight excluding hydrogens is 481 g/mol. The van der Waals surface area contributed by atoms with E-state index < -0.39 is 27.0 Å². The number of carbonyl (C=O) groups excluding carboxylic acids is 1. The Morgan fingerprint density at radius 1 is 1.06 bits per heavy atom. The van der Waals surface area contributed by atoms with Gasteiger partial charge in [-0.25, -0.2) is 0 Å². The molecule has 9 heteroatoms. The molecule has 4 aliphatic carbocycles. The third-order valence-corrected chi connectivity index (χ3v) is 10.0. The molecule has 35 heavy (non-hydrogen) atoms. The monoisotopic (exact) mass is 510 g/mol. The third-order valence-electron chi connectivity index (χ3n) is 9.07. The molecule has 0 unspecified atom stereocenters. The van der Waals surface area contributed by atoms with E-state index in [4.69, 9.17) is 0 Å². The molecular formula is C26H29F3O5S. The summed E-state index contributed by atoms with van der Waals surface area (Å²) in [6.07, 6.45) is 6.94. The summed E-state index contributed by atoms with van der Waals surface area (Å²) < 4.78 is 65.3. The zero-order valence-corrected chi connectivity index (χ0v) is 20.5. The van der Waals surface area contributed by atoms with Crippen LogP contribution in [-0.4, -0.2) is 30.4 Å². The maximum atomic E-state index is 12.7. The molecule has 2 fully saturated rings. The summed E-state index contributed by atoms with van der Waals surface area (Å²) in [7, 11) is -5.75. The van der Waals surface area contributed by atoms with Crippen molar-refractivity contribution in [3.05, 3.63) is 52.6 Å². The molecule has 0 spiro atoms. The second-order valence-electron chi connectivity index (χ2n) is 10.9. The van der Waals surface area contributed by atoms with Gasteiger partial charge in [-0.05, 0) is 92.2 Å². The van der Waals surface area contributed by atoms with Crippen molar-refractivity contribution in [1.29, 1.82) is 0 Å². The van der Waals surface area contributed by atoms with Crippen molar-refractivity contribution in [1.82, 2.24) is 0 Å². The van der Waals surface area contributed by atoms with Crippen molar-refractivity contribution in [3.63, 3.8) is 0 Å². The van der Waals surface area contributed by atoms with Crippen LogP contribution in [0.15, 0.2) is 47.1 Å². The summed E-state index contributed by atoms with van der Waals surface area (Å²) in [5.74, 6) is 0.215. The van der Waals surface area contributed by atoms with Crippen LogP contribution in [-0.2, 0) is 14.9 Å². The van der Waals surface area contributed by atoms with Crippen LogP contribution < -0.4 is 4.18 Å².